The van der Waals surface area contributed by atoms with E-state index in [0.717, 1.165) is 48.1 Å². The standard InChI is InChI=1S/C30H35NO6/c1-4-7-20-10-12-23(28(16-20)35-18-22-8-5-6-9-25(22)31-34)26(33)19-36-29-21(17-32)11-13-27-24(29)14-15-30(2,3)37-27/h5-6,8,10-13,16,25,32H,4,7,9,14-15,17-19H2,1-3H3. The van der Waals surface area contributed by atoms with Crippen LogP contribution in [-0.4, -0.2) is 35.7 Å². The molecule has 2 aliphatic rings. The first-order valence-electron chi connectivity index (χ1n) is 12.9. The Kier molecular flexibility index (Phi) is 8.44. The second-order valence-corrected chi connectivity index (χ2v) is 10.2. The highest BCUT2D eigenvalue weighted by Crippen LogP contribution is 2.40. The van der Waals surface area contributed by atoms with Crippen LogP contribution in [-0.2, 0) is 19.4 Å². The molecule has 7 nitrogen and oxygen atoms in total. The van der Waals surface area contributed by atoms with Crippen molar-refractivity contribution in [3.8, 4) is 17.2 Å². The Bertz CT molecular complexity index is 1210. The van der Waals surface area contributed by atoms with Crippen LogP contribution in [0.25, 0.3) is 0 Å². The first-order valence-corrected chi connectivity index (χ1v) is 12.9. The van der Waals surface area contributed by atoms with Crippen molar-refractivity contribution in [2.45, 2.75) is 71.1 Å². The van der Waals surface area contributed by atoms with Crippen LogP contribution in [0.4, 0.5) is 0 Å². The van der Waals surface area contributed by atoms with Crippen molar-refractivity contribution < 1.29 is 24.1 Å². The molecular formula is C30H35NO6. The molecule has 196 valence electrons. The van der Waals surface area contributed by atoms with Gasteiger partial charge < -0.3 is 19.3 Å². The zero-order valence-electron chi connectivity index (χ0n) is 21.8. The maximum absolute atomic E-state index is 13.4. The molecule has 0 radical (unpaired) electrons. The van der Waals surface area contributed by atoms with E-state index in [1.165, 1.54) is 0 Å². The summed E-state index contributed by atoms with van der Waals surface area (Å²) in [5.74, 6) is 1.45. The van der Waals surface area contributed by atoms with E-state index in [4.69, 9.17) is 14.2 Å². The summed E-state index contributed by atoms with van der Waals surface area (Å²) >= 11 is 0. The van der Waals surface area contributed by atoms with Crippen LogP contribution in [0.5, 0.6) is 17.2 Å². The number of ketones is 1. The number of hydrogen-bond acceptors (Lipinski definition) is 7. The number of nitrogens with zero attached hydrogens (tertiary/aromatic N) is 1. The van der Waals surface area contributed by atoms with Gasteiger partial charge in [0.2, 0.25) is 5.78 Å². The number of aliphatic hydroxyl groups excluding tert-OH is 1. The number of fused-ring (bicyclic) bond motifs is 1. The number of aliphatic hydroxyl groups is 1. The number of ether oxygens (including phenoxy) is 3. The lowest BCUT2D eigenvalue weighted by Gasteiger charge is -2.33. The fourth-order valence-corrected chi connectivity index (χ4v) is 4.72. The molecule has 0 aromatic heterocycles. The van der Waals surface area contributed by atoms with Gasteiger partial charge in [0.1, 0.15) is 35.5 Å². The van der Waals surface area contributed by atoms with E-state index in [-0.39, 0.29) is 31.2 Å². The number of allylic oxidation sites excluding steroid dienone is 2. The van der Waals surface area contributed by atoms with Gasteiger partial charge in [0.05, 0.1) is 12.2 Å². The van der Waals surface area contributed by atoms with Crippen LogP contribution in [0.3, 0.4) is 0 Å². The lowest BCUT2D eigenvalue weighted by atomic mass is 9.92. The molecule has 0 spiro atoms. The quantitative estimate of drug-likeness (QED) is 0.302. The molecule has 2 aromatic rings. The lowest BCUT2D eigenvalue weighted by Crippen LogP contribution is -2.33. The number of hydrogen-bond donors (Lipinski definition) is 1. The normalized spacial score (nSPS) is 17.8. The van der Waals surface area contributed by atoms with Crippen LogP contribution in [0.2, 0.25) is 0 Å². The van der Waals surface area contributed by atoms with Gasteiger partial charge in [-0.05, 0) is 74.9 Å². The second-order valence-electron chi connectivity index (χ2n) is 10.2. The first kappa shape index (κ1) is 26.6. The zero-order chi connectivity index (χ0) is 26.4. The molecule has 1 atom stereocenters. The molecule has 4 rings (SSSR count). The van der Waals surface area contributed by atoms with Crippen molar-refractivity contribution >= 4 is 5.78 Å². The van der Waals surface area contributed by atoms with E-state index in [1.54, 1.807) is 12.1 Å². The van der Waals surface area contributed by atoms with Gasteiger partial charge >= 0.3 is 0 Å². The van der Waals surface area contributed by atoms with E-state index in [0.29, 0.717) is 29.0 Å². The maximum Gasteiger partial charge on any atom is 0.203 e. The van der Waals surface area contributed by atoms with Crippen LogP contribution < -0.4 is 14.2 Å². The average Bonchev–Trinajstić information content (AvgIpc) is 2.90. The highest BCUT2D eigenvalue weighted by atomic mass is 16.5. The Labute approximate surface area is 218 Å². The number of carbonyl (C=O) groups is 1. The predicted octanol–water partition coefficient (Wildman–Crippen LogP) is 5.90. The van der Waals surface area contributed by atoms with Crippen LogP contribution >= 0.6 is 0 Å². The van der Waals surface area contributed by atoms with Gasteiger partial charge in [-0.25, -0.2) is 0 Å². The Morgan fingerprint density at radius 1 is 1.22 bits per heavy atom. The first-order chi connectivity index (χ1) is 17.8. The molecule has 1 N–H and O–H groups in total. The Hall–Kier alpha value is -3.45. The second kappa shape index (κ2) is 11.7. The molecule has 0 saturated carbocycles. The van der Waals surface area contributed by atoms with Crippen molar-refractivity contribution in [1.29, 1.82) is 0 Å². The van der Waals surface area contributed by atoms with Crippen molar-refractivity contribution in [2.24, 2.45) is 5.18 Å². The predicted molar refractivity (Wildman–Crippen MR) is 143 cm³/mol. The summed E-state index contributed by atoms with van der Waals surface area (Å²) < 4.78 is 18.2. The monoisotopic (exact) mass is 505 g/mol. The summed E-state index contributed by atoms with van der Waals surface area (Å²) in [4.78, 5) is 24.6. The number of carbonyl (C=O) groups excluding carboxylic acids is 1. The molecular weight excluding hydrogens is 470 g/mol. The van der Waals surface area contributed by atoms with Crippen LogP contribution in [0.1, 0.15) is 67.1 Å². The third-order valence-corrected chi connectivity index (χ3v) is 6.82. The van der Waals surface area contributed by atoms with Crippen molar-refractivity contribution in [3.05, 3.63) is 81.3 Å². The topological polar surface area (TPSA) is 94.4 Å². The zero-order valence-corrected chi connectivity index (χ0v) is 21.8. The molecule has 2 aromatic carbocycles. The molecule has 1 heterocycles. The number of Topliss-reactive ketones (excluding diaryl/α,β-unsaturated/α-hetero) is 1. The largest absolute Gasteiger partial charge is 0.488 e. The van der Waals surface area contributed by atoms with Gasteiger partial charge in [-0.15, -0.1) is 0 Å². The van der Waals surface area contributed by atoms with Gasteiger partial charge in [0, 0.05) is 11.1 Å². The summed E-state index contributed by atoms with van der Waals surface area (Å²) in [5.41, 5.74) is 3.47. The van der Waals surface area contributed by atoms with Crippen molar-refractivity contribution in [1.82, 2.24) is 0 Å². The lowest BCUT2D eigenvalue weighted by molar-refractivity contribution is 0.0813. The maximum atomic E-state index is 13.4. The third-order valence-electron chi connectivity index (χ3n) is 6.82. The number of aryl methyl sites for hydroxylation is 1. The van der Waals surface area contributed by atoms with E-state index in [2.05, 4.69) is 12.1 Å². The minimum atomic E-state index is -0.459. The van der Waals surface area contributed by atoms with Gasteiger partial charge in [0.25, 0.3) is 0 Å². The van der Waals surface area contributed by atoms with E-state index >= 15 is 0 Å². The Morgan fingerprint density at radius 3 is 2.81 bits per heavy atom. The SMILES string of the molecule is CCCc1ccc(C(=O)COc2c(CO)ccc3c2CCC(C)(C)O3)c(OCC2=CC=CCC2N=O)c1. The van der Waals surface area contributed by atoms with Crippen molar-refractivity contribution in [2.75, 3.05) is 13.2 Å². The Morgan fingerprint density at radius 2 is 2.05 bits per heavy atom. The van der Waals surface area contributed by atoms with Crippen LogP contribution in [0.15, 0.2) is 59.3 Å². The molecule has 7 heteroatoms. The van der Waals surface area contributed by atoms with Crippen LogP contribution in [0, 0.1) is 4.91 Å². The Balaban J connectivity index is 1.55. The number of benzene rings is 2. The summed E-state index contributed by atoms with van der Waals surface area (Å²) in [6.07, 6.45) is 9.53. The van der Waals surface area contributed by atoms with E-state index < -0.39 is 6.04 Å². The summed E-state index contributed by atoms with van der Waals surface area (Å²) in [6, 6.07) is 8.76. The molecule has 0 amide bonds. The highest BCUT2D eigenvalue weighted by Gasteiger charge is 2.30. The fraction of sp³-hybridized carbons (Fsp3) is 0.433. The highest BCUT2D eigenvalue weighted by molar-refractivity contribution is 6.00. The summed E-state index contributed by atoms with van der Waals surface area (Å²) in [5, 5.41) is 13.1. The number of rotatable bonds is 11. The molecule has 1 unspecified atom stereocenters. The molecule has 1 aliphatic carbocycles. The molecule has 37 heavy (non-hydrogen) atoms. The smallest absolute Gasteiger partial charge is 0.203 e. The third kappa shape index (κ3) is 6.28. The van der Waals surface area contributed by atoms with Crippen molar-refractivity contribution in [3.63, 3.8) is 0 Å². The van der Waals surface area contributed by atoms with Gasteiger partial charge in [-0.1, -0.05) is 42.8 Å². The van der Waals surface area contributed by atoms with Gasteiger partial charge in [-0.2, -0.15) is 4.91 Å². The molecule has 0 fully saturated rings. The van der Waals surface area contributed by atoms with E-state index in [1.807, 2.05) is 50.3 Å². The van der Waals surface area contributed by atoms with E-state index in [9.17, 15) is 14.8 Å². The minimum Gasteiger partial charge on any atom is -0.488 e. The summed E-state index contributed by atoms with van der Waals surface area (Å²) in [6.45, 7) is 5.94. The van der Waals surface area contributed by atoms with Gasteiger partial charge in [0.15, 0.2) is 6.61 Å². The molecule has 0 saturated heterocycles. The number of nitroso groups, excluding NO2 is 1. The fourth-order valence-electron chi connectivity index (χ4n) is 4.72. The minimum absolute atomic E-state index is 0.172. The average molecular weight is 506 g/mol. The molecule has 1 aliphatic heterocycles. The molecule has 0 bridgehead atoms. The summed E-state index contributed by atoms with van der Waals surface area (Å²) in [7, 11) is 0. The van der Waals surface area contributed by atoms with Gasteiger partial charge in [-0.3, -0.25) is 4.79 Å².